The highest BCUT2D eigenvalue weighted by Crippen LogP contribution is 2.28. The number of hydrogen-bond acceptors (Lipinski definition) is 2. The van der Waals surface area contributed by atoms with Crippen LogP contribution in [0.15, 0.2) is 42.5 Å². The molecule has 0 aliphatic carbocycles. The molecule has 0 radical (unpaired) electrons. The summed E-state index contributed by atoms with van der Waals surface area (Å²) in [6.07, 6.45) is 0.892. The molecule has 0 amide bonds. The minimum Gasteiger partial charge on any atom is -0.478 e. The van der Waals surface area contributed by atoms with Crippen LogP contribution < -0.4 is 4.74 Å². The summed E-state index contributed by atoms with van der Waals surface area (Å²) in [5.74, 6) is -0.168. The van der Waals surface area contributed by atoms with Gasteiger partial charge in [-0.2, -0.15) is 0 Å². The number of ether oxygens (including phenoxy) is 1. The maximum Gasteiger partial charge on any atom is 0.339 e. The Morgan fingerprint density at radius 2 is 2.05 bits per heavy atom. The van der Waals surface area contributed by atoms with E-state index in [1.54, 1.807) is 18.2 Å². The topological polar surface area (TPSA) is 46.5 Å². The normalized spacial score (nSPS) is 10.2. The fraction of sp³-hybridized carbons (Fsp3) is 0.133. The van der Waals surface area contributed by atoms with E-state index in [4.69, 9.17) is 21.4 Å². The second-order valence-corrected chi connectivity index (χ2v) is 4.49. The van der Waals surface area contributed by atoms with Gasteiger partial charge >= 0.3 is 5.97 Å². The van der Waals surface area contributed by atoms with Crippen molar-refractivity contribution in [1.29, 1.82) is 0 Å². The summed E-state index contributed by atoms with van der Waals surface area (Å²) < 4.78 is 5.63. The molecule has 0 aliphatic rings. The highest BCUT2D eigenvalue weighted by atomic mass is 35.5. The lowest BCUT2D eigenvalue weighted by atomic mass is 10.1. The molecule has 0 heterocycles. The van der Waals surface area contributed by atoms with E-state index >= 15 is 0 Å². The second kappa shape index (κ2) is 5.76. The Morgan fingerprint density at radius 3 is 2.74 bits per heavy atom. The molecule has 3 nitrogen and oxygen atoms in total. The zero-order valence-corrected chi connectivity index (χ0v) is 11.1. The van der Waals surface area contributed by atoms with E-state index in [1.165, 1.54) is 6.07 Å². The SMILES string of the molecule is CCc1cccc(Oc2ccc(Cl)cc2C(=O)O)c1. The average molecular weight is 277 g/mol. The lowest BCUT2D eigenvalue weighted by molar-refractivity contribution is 0.0694. The van der Waals surface area contributed by atoms with Gasteiger partial charge in [-0.15, -0.1) is 0 Å². The zero-order chi connectivity index (χ0) is 13.8. The first-order valence-electron chi connectivity index (χ1n) is 5.90. The minimum absolute atomic E-state index is 0.0504. The van der Waals surface area contributed by atoms with Crippen LogP contribution in [0.5, 0.6) is 11.5 Å². The maximum atomic E-state index is 11.1. The van der Waals surface area contributed by atoms with Crippen molar-refractivity contribution in [1.82, 2.24) is 0 Å². The van der Waals surface area contributed by atoms with E-state index < -0.39 is 5.97 Å². The van der Waals surface area contributed by atoms with Gasteiger partial charge in [0.15, 0.2) is 0 Å². The lowest BCUT2D eigenvalue weighted by Gasteiger charge is -2.10. The van der Waals surface area contributed by atoms with E-state index in [-0.39, 0.29) is 11.3 Å². The van der Waals surface area contributed by atoms with E-state index in [1.807, 2.05) is 25.1 Å². The van der Waals surface area contributed by atoms with Gasteiger partial charge in [0.2, 0.25) is 0 Å². The Kier molecular flexibility index (Phi) is 4.07. The van der Waals surface area contributed by atoms with Crippen molar-refractivity contribution < 1.29 is 14.6 Å². The molecule has 0 atom stereocenters. The number of carbonyl (C=O) groups is 1. The summed E-state index contributed by atoms with van der Waals surface area (Å²) >= 11 is 5.79. The van der Waals surface area contributed by atoms with E-state index in [2.05, 4.69) is 0 Å². The van der Waals surface area contributed by atoms with Crippen LogP contribution in [0.3, 0.4) is 0 Å². The molecule has 1 N–H and O–H groups in total. The summed E-state index contributed by atoms with van der Waals surface area (Å²) in [5, 5.41) is 9.50. The molecule has 2 aromatic rings. The van der Waals surface area contributed by atoms with E-state index in [9.17, 15) is 4.79 Å². The summed E-state index contributed by atoms with van der Waals surface area (Å²) in [6.45, 7) is 2.05. The lowest BCUT2D eigenvalue weighted by Crippen LogP contribution is -2.00. The third-order valence-corrected chi connectivity index (χ3v) is 2.94. The minimum atomic E-state index is -1.07. The Labute approximate surface area is 116 Å². The van der Waals surface area contributed by atoms with Gasteiger partial charge in [-0.3, -0.25) is 0 Å². The van der Waals surface area contributed by atoms with Gasteiger partial charge in [-0.05, 0) is 42.3 Å². The molecular weight excluding hydrogens is 264 g/mol. The molecule has 19 heavy (non-hydrogen) atoms. The van der Waals surface area contributed by atoms with Crippen LogP contribution in [0.4, 0.5) is 0 Å². The number of rotatable bonds is 4. The molecule has 2 aromatic carbocycles. The van der Waals surface area contributed by atoms with E-state index in [0.29, 0.717) is 10.8 Å². The first kappa shape index (κ1) is 13.4. The van der Waals surface area contributed by atoms with Crippen molar-refractivity contribution in [2.75, 3.05) is 0 Å². The van der Waals surface area contributed by atoms with Crippen LogP contribution in [0.25, 0.3) is 0 Å². The van der Waals surface area contributed by atoms with Gasteiger partial charge < -0.3 is 9.84 Å². The molecule has 98 valence electrons. The third kappa shape index (κ3) is 3.26. The van der Waals surface area contributed by atoms with E-state index in [0.717, 1.165) is 12.0 Å². The summed E-state index contributed by atoms with van der Waals surface area (Å²) in [5.41, 5.74) is 1.18. The largest absolute Gasteiger partial charge is 0.478 e. The molecule has 0 fully saturated rings. The Balaban J connectivity index is 2.34. The predicted octanol–water partition coefficient (Wildman–Crippen LogP) is 4.39. The van der Waals surface area contributed by atoms with Crippen molar-refractivity contribution in [3.63, 3.8) is 0 Å². The van der Waals surface area contributed by atoms with Crippen LogP contribution >= 0.6 is 11.6 Å². The molecule has 0 aliphatic heterocycles. The summed E-state index contributed by atoms with van der Waals surface area (Å²) in [7, 11) is 0. The monoisotopic (exact) mass is 276 g/mol. The smallest absolute Gasteiger partial charge is 0.339 e. The number of aryl methyl sites for hydroxylation is 1. The van der Waals surface area contributed by atoms with Crippen molar-refractivity contribution in [3.05, 3.63) is 58.6 Å². The zero-order valence-electron chi connectivity index (χ0n) is 10.4. The van der Waals surface area contributed by atoms with Gasteiger partial charge in [0.1, 0.15) is 17.1 Å². The van der Waals surface area contributed by atoms with Gasteiger partial charge in [0, 0.05) is 5.02 Å². The standard InChI is InChI=1S/C15H13ClO3/c1-2-10-4-3-5-12(8-10)19-14-7-6-11(16)9-13(14)15(17)18/h3-9H,2H2,1H3,(H,17,18). The highest BCUT2D eigenvalue weighted by molar-refractivity contribution is 6.31. The van der Waals surface area contributed by atoms with Crippen LogP contribution in [0, 0.1) is 0 Å². The molecule has 2 rings (SSSR count). The number of benzene rings is 2. The maximum absolute atomic E-state index is 11.1. The molecule has 0 spiro atoms. The number of aromatic carboxylic acids is 1. The number of carboxylic acid groups (broad SMARTS) is 1. The van der Waals surface area contributed by atoms with Gasteiger partial charge in [0.25, 0.3) is 0 Å². The molecule has 0 aromatic heterocycles. The van der Waals surface area contributed by atoms with Crippen LogP contribution in [-0.4, -0.2) is 11.1 Å². The number of carboxylic acids is 1. The summed E-state index contributed by atoms with van der Waals surface area (Å²) in [6, 6.07) is 12.1. The quantitative estimate of drug-likeness (QED) is 0.901. The van der Waals surface area contributed by atoms with Crippen molar-refractivity contribution in [3.8, 4) is 11.5 Å². The first-order chi connectivity index (χ1) is 9.10. The molecular formula is C15H13ClO3. The Hall–Kier alpha value is -2.00. The van der Waals surface area contributed by atoms with Gasteiger partial charge in [-0.25, -0.2) is 4.79 Å². The molecule has 0 unspecified atom stereocenters. The second-order valence-electron chi connectivity index (χ2n) is 4.05. The van der Waals surface area contributed by atoms with Crippen molar-refractivity contribution in [2.24, 2.45) is 0 Å². The van der Waals surface area contributed by atoms with Crippen molar-refractivity contribution in [2.45, 2.75) is 13.3 Å². The molecule has 0 saturated carbocycles. The summed E-state index contributed by atoms with van der Waals surface area (Å²) in [4.78, 5) is 11.1. The first-order valence-corrected chi connectivity index (χ1v) is 6.27. The fourth-order valence-corrected chi connectivity index (χ4v) is 1.89. The van der Waals surface area contributed by atoms with Crippen LogP contribution in [0.1, 0.15) is 22.8 Å². The number of halogens is 1. The van der Waals surface area contributed by atoms with Crippen LogP contribution in [-0.2, 0) is 6.42 Å². The molecule has 4 heteroatoms. The number of hydrogen-bond donors (Lipinski definition) is 1. The Morgan fingerprint density at radius 1 is 1.26 bits per heavy atom. The highest BCUT2D eigenvalue weighted by Gasteiger charge is 2.12. The fourth-order valence-electron chi connectivity index (χ4n) is 1.71. The van der Waals surface area contributed by atoms with Gasteiger partial charge in [0.05, 0.1) is 0 Å². The average Bonchev–Trinajstić information content (AvgIpc) is 2.41. The van der Waals surface area contributed by atoms with Gasteiger partial charge in [-0.1, -0.05) is 30.7 Å². The third-order valence-electron chi connectivity index (χ3n) is 2.71. The molecule has 0 saturated heterocycles. The molecule has 0 bridgehead atoms. The predicted molar refractivity (Wildman–Crippen MR) is 74.3 cm³/mol. The Bertz CT molecular complexity index is 608. The van der Waals surface area contributed by atoms with Crippen molar-refractivity contribution >= 4 is 17.6 Å². The van der Waals surface area contributed by atoms with Crippen LogP contribution in [0.2, 0.25) is 5.02 Å².